The second-order valence-corrected chi connectivity index (χ2v) is 12.0. The molecule has 0 aromatic rings. The van der Waals surface area contributed by atoms with Crippen molar-refractivity contribution in [1.82, 2.24) is 0 Å². The van der Waals surface area contributed by atoms with E-state index in [1.165, 1.54) is 0 Å². The number of aliphatic carboxylic acids is 1. The Bertz CT molecular complexity index is 505. The van der Waals surface area contributed by atoms with E-state index in [0.29, 0.717) is 33.1 Å². The van der Waals surface area contributed by atoms with Gasteiger partial charge in [-0.25, -0.2) is 0 Å². The molecule has 0 aliphatic heterocycles. The molecule has 0 heterocycles. The summed E-state index contributed by atoms with van der Waals surface area (Å²) in [5.74, 6) is -1.20. The van der Waals surface area contributed by atoms with Crippen LogP contribution in [0, 0.1) is 0 Å². The van der Waals surface area contributed by atoms with E-state index in [9.17, 15) is 29.7 Å². The lowest BCUT2D eigenvalue weighted by molar-refractivity contribution is -0.873. The average molecular weight is 516 g/mol. The maximum atomic E-state index is 10.4. The zero-order valence-electron chi connectivity index (χ0n) is 21.6. The Morgan fingerprint density at radius 3 is 0.970 bits per heavy atom. The summed E-state index contributed by atoms with van der Waals surface area (Å²) in [5, 5.41) is 36.9. The lowest BCUT2D eigenvalue weighted by Crippen LogP contribution is -2.43. The smallest absolute Gasteiger partial charge is 0.108 e. The van der Waals surface area contributed by atoms with Crippen molar-refractivity contribution in [2.75, 3.05) is 83.1 Å². The number of carboxylic acid groups (broad SMARTS) is 1. The van der Waals surface area contributed by atoms with E-state index in [-0.39, 0.29) is 29.5 Å². The number of carbonyl (C=O) groups is 3. The molecule has 0 radical (unpaired) electrons. The minimum Gasteiger partial charge on any atom is -0.742 e. The second kappa shape index (κ2) is 16.6. The van der Waals surface area contributed by atoms with Crippen LogP contribution in [0.15, 0.2) is 0 Å². The van der Waals surface area contributed by atoms with Gasteiger partial charge in [0.15, 0.2) is 0 Å². The van der Waals surface area contributed by atoms with E-state index in [1.807, 2.05) is 63.4 Å². The first-order valence-corrected chi connectivity index (χ1v) is 11.3. The van der Waals surface area contributed by atoms with E-state index in [2.05, 4.69) is 25.3 Å². The summed E-state index contributed by atoms with van der Waals surface area (Å²) in [6, 6.07) is 0. The average Bonchev–Trinajstić information content (AvgIpc) is 2.38. The van der Waals surface area contributed by atoms with Crippen LogP contribution in [0.4, 0.5) is 0 Å². The Kier molecular flexibility index (Phi) is 18.4. The number of aliphatic hydroxyl groups excluding tert-OH is 3. The fraction of sp³-hybridized carbons (Fsp3) is 0.857. The topological polar surface area (TPSA) is 135 Å². The van der Waals surface area contributed by atoms with E-state index in [0.717, 1.165) is 0 Å². The molecule has 0 bridgehead atoms. The van der Waals surface area contributed by atoms with Crippen molar-refractivity contribution in [3.63, 3.8) is 0 Å². The molecule has 0 fully saturated rings. The summed E-state index contributed by atoms with van der Waals surface area (Å²) in [5.41, 5.74) is 0. The maximum absolute atomic E-state index is 10.4. The van der Waals surface area contributed by atoms with Gasteiger partial charge in [0.25, 0.3) is 0 Å². The molecule has 198 valence electrons. The van der Waals surface area contributed by atoms with Gasteiger partial charge in [0.05, 0.1) is 63.4 Å². The molecule has 0 aliphatic carbocycles. The Labute approximate surface area is 210 Å². The van der Waals surface area contributed by atoms with Crippen molar-refractivity contribution in [2.24, 2.45) is 0 Å². The van der Waals surface area contributed by atoms with E-state index >= 15 is 0 Å². The number of carboxylic acids is 1. The first kappa shape index (κ1) is 36.6. The number of likely N-dealkylation sites (N-methyl/N-ethyl adjacent to an activating group) is 3. The molecule has 3 atom stereocenters. The zero-order chi connectivity index (χ0) is 27.2. The van der Waals surface area contributed by atoms with E-state index in [4.69, 9.17) is 5.11 Å². The molecule has 3 N–H and O–H groups in total. The quantitative estimate of drug-likeness (QED) is 0.186. The highest BCUT2D eigenvalue weighted by molar-refractivity contribution is 7.77. The highest BCUT2D eigenvalue weighted by atomic mass is 32.1. The third kappa shape index (κ3) is 38.6. The Hall–Kier alpha value is -0.990. The Morgan fingerprint density at radius 1 is 0.606 bits per heavy atom. The monoisotopic (exact) mass is 515 g/mol. The van der Waals surface area contributed by atoms with Gasteiger partial charge in [-0.05, 0) is 0 Å². The zero-order valence-corrected chi connectivity index (χ0v) is 23.2. The molecule has 0 aromatic heterocycles. The van der Waals surface area contributed by atoms with Crippen LogP contribution in [0.1, 0.15) is 19.3 Å². The van der Waals surface area contributed by atoms with Crippen LogP contribution in [-0.2, 0) is 39.6 Å². The van der Waals surface area contributed by atoms with Crippen molar-refractivity contribution in [3.05, 3.63) is 0 Å². The van der Waals surface area contributed by atoms with Crippen LogP contribution >= 0.6 is 0 Å². The molecule has 12 heteroatoms. The maximum Gasteiger partial charge on any atom is 0.108 e. The second-order valence-electron chi connectivity index (χ2n) is 11.1. The minimum absolute atomic E-state index is 0.0881. The molecule has 33 heavy (non-hydrogen) atoms. The van der Waals surface area contributed by atoms with Gasteiger partial charge in [-0.15, -0.1) is 0 Å². The van der Waals surface area contributed by atoms with Crippen LogP contribution < -0.4 is 5.11 Å². The van der Waals surface area contributed by atoms with Crippen molar-refractivity contribution in [2.45, 2.75) is 37.6 Å². The van der Waals surface area contributed by atoms with Crippen LogP contribution in [0.25, 0.3) is 0 Å². The fourth-order valence-electron chi connectivity index (χ4n) is 2.67. The van der Waals surface area contributed by atoms with Gasteiger partial charge in [0.1, 0.15) is 37.9 Å². The summed E-state index contributed by atoms with van der Waals surface area (Å²) in [7, 11) is 17.4. The predicted molar refractivity (Wildman–Crippen MR) is 130 cm³/mol. The largest absolute Gasteiger partial charge is 0.742 e. The third-order valence-electron chi connectivity index (χ3n) is 3.48. The fourth-order valence-corrected chi connectivity index (χ4v) is 3.05. The number of hydrogen-bond donors (Lipinski definition) is 3. The summed E-state index contributed by atoms with van der Waals surface area (Å²) >= 11 is 8.68. The van der Waals surface area contributed by atoms with Crippen molar-refractivity contribution in [3.8, 4) is 0 Å². The van der Waals surface area contributed by atoms with Crippen LogP contribution in [0.3, 0.4) is 0 Å². The van der Waals surface area contributed by atoms with Crippen LogP contribution in [0.5, 0.6) is 0 Å². The molecule has 10 nitrogen and oxygen atoms in total. The molecule has 0 rings (SSSR count). The van der Waals surface area contributed by atoms with Crippen molar-refractivity contribution < 1.29 is 48.3 Å². The van der Waals surface area contributed by atoms with Gasteiger partial charge in [-0.2, -0.15) is 0 Å². The third-order valence-corrected chi connectivity index (χ3v) is 3.82. The molecular weight excluding hydrogens is 470 g/mol. The predicted octanol–water partition coefficient (Wildman–Crippen LogP) is -2.77. The molecule has 0 unspecified atom stereocenters. The Balaban J connectivity index is -0.000000409. The number of hydrogen-bond acceptors (Lipinski definition) is 9. The number of quaternary nitrogens is 3. The Morgan fingerprint density at radius 2 is 0.818 bits per heavy atom. The molecule has 0 aliphatic rings. The van der Waals surface area contributed by atoms with E-state index in [1.54, 1.807) is 0 Å². The lowest BCUT2D eigenvalue weighted by Gasteiger charge is -2.26. The molecule has 0 spiro atoms. The van der Waals surface area contributed by atoms with Gasteiger partial charge < -0.3 is 73.5 Å². The number of nitrogens with zero attached hydrogens (tertiary/aromatic N) is 3. The van der Waals surface area contributed by atoms with Crippen molar-refractivity contribution >= 4 is 41.5 Å². The van der Waals surface area contributed by atoms with Crippen molar-refractivity contribution in [1.29, 1.82) is 0 Å². The molecule has 0 aromatic carbocycles. The highest BCUT2D eigenvalue weighted by Gasteiger charge is 2.16. The first-order valence-electron chi connectivity index (χ1n) is 10.5. The highest BCUT2D eigenvalue weighted by Crippen LogP contribution is 2.00. The van der Waals surface area contributed by atoms with Crippen LogP contribution in [-0.4, -0.2) is 146 Å². The van der Waals surface area contributed by atoms with Gasteiger partial charge in [0.2, 0.25) is 0 Å². The summed E-state index contributed by atoms with van der Waals surface area (Å²) in [4.78, 5) is 30.8. The number of carbonyl (C=O) groups excluding carboxylic acids is 3. The lowest BCUT2D eigenvalue weighted by atomic mass is 10.2. The van der Waals surface area contributed by atoms with E-state index < -0.39 is 24.3 Å². The number of rotatable bonds is 12. The van der Waals surface area contributed by atoms with Gasteiger partial charge in [-0.1, -0.05) is 0 Å². The van der Waals surface area contributed by atoms with Gasteiger partial charge in [-0.3, -0.25) is 0 Å². The van der Waals surface area contributed by atoms with Gasteiger partial charge in [0, 0.05) is 35.5 Å². The molecular formula is C21H45N3O7S2. The summed E-state index contributed by atoms with van der Waals surface area (Å²) in [6.07, 6.45) is -2.11. The summed E-state index contributed by atoms with van der Waals surface area (Å²) < 4.78 is 1.84. The van der Waals surface area contributed by atoms with Crippen LogP contribution in [0.2, 0.25) is 0 Å². The standard InChI is InChI=1S/C7H15NO3.2C7H15NO2S/c3*1-8(2,3)5-6(9)4-7(10)11/h3*6,9H,4-5H2,1-3H3/t3*6-/m111/s1. The molecule has 0 saturated carbocycles. The SMILES string of the molecule is C[N+](C)(C)C[C@H](O)CC(=O)[O-].C[N+](C)(C)C[C@H](O)CC(=O)[S-].C[N+](C)(C)C[C@H](O)CC(=O)[S-]. The molecule has 0 amide bonds. The molecule has 0 saturated heterocycles. The normalized spacial score (nSPS) is 14.5. The number of aliphatic hydroxyl groups is 3. The minimum atomic E-state index is -1.20. The summed E-state index contributed by atoms with van der Waals surface area (Å²) in [6.45, 7) is 1.54. The first-order chi connectivity index (χ1) is 14.4. The van der Waals surface area contributed by atoms with Gasteiger partial charge >= 0.3 is 0 Å².